The maximum absolute atomic E-state index is 13.5. The van der Waals surface area contributed by atoms with E-state index in [-0.39, 0.29) is 17.6 Å². The predicted octanol–water partition coefficient (Wildman–Crippen LogP) is 3.95. The molecule has 2 aromatic carbocycles. The van der Waals surface area contributed by atoms with Crippen LogP contribution in [0.4, 0.5) is 4.79 Å². The number of hydrogen-bond donors (Lipinski definition) is 1. The summed E-state index contributed by atoms with van der Waals surface area (Å²) in [7, 11) is 1.61. The summed E-state index contributed by atoms with van der Waals surface area (Å²) in [5.74, 6) is 1.85. The minimum absolute atomic E-state index is 0.196. The maximum Gasteiger partial charge on any atom is 0.410 e. The van der Waals surface area contributed by atoms with Gasteiger partial charge < -0.3 is 28.6 Å². The van der Waals surface area contributed by atoms with E-state index in [1.165, 1.54) is 0 Å². The Labute approximate surface area is 262 Å². The normalized spacial score (nSPS) is 18.7. The topological polar surface area (TPSA) is 119 Å². The number of morpholine rings is 1. The molecule has 3 aromatic rings. The largest absolute Gasteiger partial charge is 0.496 e. The third-order valence-electron chi connectivity index (χ3n) is 8.14. The number of rotatable bonds is 8. The number of fused-ring (bicyclic) bond motifs is 2. The molecule has 4 heterocycles. The van der Waals surface area contributed by atoms with Gasteiger partial charge in [0.05, 0.1) is 42.7 Å². The fourth-order valence-electron chi connectivity index (χ4n) is 5.72. The first-order chi connectivity index (χ1) is 21.7. The van der Waals surface area contributed by atoms with Crippen molar-refractivity contribution in [1.29, 1.82) is 0 Å². The highest BCUT2D eigenvalue weighted by Gasteiger charge is 2.33. The van der Waals surface area contributed by atoms with Crippen LogP contribution in [-0.4, -0.2) is 115 Å². The molecular weight excluding hydrogens is 578 g/mol. The zero-order chi connectivity index (χ0) is 31.6. The Balaban J connectivity index is 1.15. The van der Waals surface area contributed by atoms with Crippen molar-refractivity contribution >= 4 is 28.9 Å². The third kappa shape index (κ3) is 7.08. The minimum Gasteiger partial charge on any atom is -0.496 e. The first kappa shape index (κ1) is 30.9. The Morgan fingerprint density at radius 1 is 1.04 bits per heavy atom. The van der Waals surface area contributed by atoms with Gasteiger partial charge in [0.1, 0.15) is 29.5 Å². The molecule has 0 unspecified atom stereocenters. The van der Waals surface area contributed by atoms with Gasteiger partial charge in [-0.25, -0.2) is 4.79 Å². The number of aromatic amines is 1. The molecular formula is C33H41N5O7. The number of amides is 1. The van der Waals surface area contributed by atoms with Gasteiger partial charge in [0.15, 0.2) is 5.76 Å². The lowest BCUT2D eigenvalue weighted by Crippen LogP contribution is -2.49. The SMILES string of the molecule is COc1ccc2c(c1CN1CCN(C(=O)OC(C)(C)C)CC1)O/C(=C\c1n[nH]c3ccc(OCCN4CCOCC4)cc13)C2=O. The molecule has 1 N–H and O–H groups in total. The van der Waals surface area contributed by atoms with Crippen molar-refractivity contribution in [3.63, 3.8) is 0 Å². The molecule has 2 saturated heterocycles. The summed E-state index contributed by atoms with van der Waals surface area (Å²) in [6.45, 7) is 13.2. The Bertz CT molecular complexity index is 1580. The number of carbonyl (C=O) groups excluding carboxylic acids is 2. The number of piperazine rings is 1. The standard InChI is InChI=1S/C33H41N5O7/c1-33(2,3)45-32(40)38-11-9-37(10-12-38)21-25-28(41-4)8-6-23-30(39)29(44-31(23)25)20-27-24-19-22(5-7-26(24)34-35-27)43-18-15-36-13-16-42-17-14-36/h5-8,19-20H,9-18,21H2,1-4H3,(H,34,35)/b29-20-. The number of aromatic nitrogens is 2. The molecule has 0 spiro atoms. The van der Waals surface area contributed by atoms with Crippen molar-refractivity contribution in [3.8, 4) is 17.2 Å². The number of ketones is 1. The number of Topliss-reactive ketones (excluding diaryl/α,β-unsaturated/α-hetero) is 1. The van der Waals surface area contributed by atoms with E-state index in [1.807, 2.05) is 39.0 Å². The number of hydrogen-bond acceptors (Lipinski definition) is 10. The lowest BCUT2D eigenvalue weighted by molar-refractivity contribution is 0.0138. The number of methoxy groups -OCH3 is 1. The van der Waals surface area contributed by atoms with Crippen molar-refractivity contribution in [2.45, 2.75) is 32.9 Å². The highest BCUT2D eigenvalue weighted by molar-refractivity contribution is 6.15. The Morgan fingerprint density at radius 2 is 1.82 bits per heavy atom. The monoisotopic (exact) mass is 619 g/mol. The van der Waals surface area contributed by atoms with Crippen LogP contribution in [0.1, 0.15) is 42.4 Å². The van der Waals surface area contributed by atoms with Gasteiger partial charge in [0.25, 0.3) is 0 Å². The van der Waals surface area contributed by atoms with Gasteiger partial charge in [0.2, 0.25) is 5.78 Å². The number of nitrogens with one attached hydrogen (secondary N) is 1. The molecule has 6 rings (SSSR count). The Kier molecular flexibility index (Phi) is 8.97. The van der Waals surface area contributed by atoms with Gasteiger partial charge in [-0.15, -0.1) is 0 Å². The number of benzene rings is 2. The van der Waals surface area contributed by atoms with Crippen LogP contribution in [0.25, 0.3) is 17.0 Å². The lowest BCUT2D eigenvalue weighted by Gasteiger charge is -2.35. The van der Waals surface area contributed by atoms with E-state index < -0.39 is 5.60 Å². The summed E-state index contributed by atoms with van der Waals surface area (Å²) < 4.78 is 28.9. The van der Waals surface area contributed by atoms with Crippen LogP contribution in [-0.2, 0) is 16.0 Å². The zero-order valence-corrected chi connectivity index (χ0v) is 26.4. The molecule has 0 radical (unpaired) electrons. The van der Waals surface area contributed by atoms with Gasteiger partial charge in [-0.2, -0.15) is 5.10 Å². The minimum atomic E-state index is -0.539. The average Bonchev–Trinajstić information content (AvgIpc) is 3.57. The van der Waals surface area contributed by atoms with Crippen LogP contribution < -0.4 is 14.2 Å². The Hall–Kier alpha value is -4.13. The fourth-order valence-corrected chi connectivity index (χ4v) is 5.72. The van der Waals surface area contributed by atoms with Gasteiger partial charge >= 0.3 is 6.09 Å². The van der Waals surface area contributed by atoms with Crippen molar-refractivity contribution in [1.82, 2.24) is 24.9 Å². The molecule has 2 fully saturated rings. The van der Waals surface area contributed by atoms with Gasteiger partial charge in [0, 0.05) is 63.8 Å². The third-order valence-corrected chi connectivity index (χ3v) is 8.14. The zero-order valence-electron chi connectivity index (χ0n) is 26.4. The van der Waals surface area contributed by atoms with E-state index in [1.54, 1.807) is 30.2 Å². The smallest absolute Gasteiger partial charge is 0.410 e. The van der Waals surface area contributed by atoms with Crippen molar-refractivity contribution < 1.29 is 33.3 Å². The van der Waals surface area contributed by atoms with E-state index in [2.05, 4.69) is 20.0 Å². The summed E-state index contributed by atoms with van der Waals surface area (Å²) in [5, 5.41) is 8.33. The van der Waals surface area contributed by atoms with E-state index >= 15 is 0 Å². The van der Waals surface area contributed by atoms with Gasteiger partial charge in [-0.1, -0.05) is 0 Å². The number of carbonyl (C=O) groups is 2. The fraction of sp³-hybridized carbons (Fsp3) is 0.485. The van der Waals surface area contributed by atoms with E-state index in [9.17, 15) is 9.59 Å². The van der Waals surface area contributed by atoms with Crippen LogP contribution in [0.5, 0.6) is 17.2 Å². The van der Waals surface area contributed by atoms with E-state index in [0.717, 1.165) is 55.1 Å². The first-order valence-electron chi connectivity index (χ1n) is 15.4. The van der Waals surface area contributed by atoms with Crippen molar-refractivity contribution in [2.24, 2.45) is 0 Å². The number of allylic oxidation sites excluding steroid dienone is 1. The molecule has 0 saturated carbocycles. The number of H-pyrrole nitrogens is 1. The van der Waals surface area contributed by atoms with Crippen molar-refractivity contribution in [3.05, 3.63) is 52.9 Å². The molecule has 3 aliphatic heterocycles. The molecule has 45 heavy (non-hydrogen) atoms. The second-order valence-corrected chi connectivity index (χ2v) is 12.4. The van der Waals surface area contributed by atoms with E-state index in [4.69, 9.17) is 23.7 Å². The molecule has 0 aliphatic carbocycles. The highest BCUT2D eigenvalue weighted by Crippen LogP contribution is 2.41. The van der Waals surface area contributed by atoms with Crippen LogP contribution in [0.2, 0.25) is 0 Å². The molecule has 0 atom stereocenters. The van der Waals surface area contributed by atoms with Gasteiger partial charge in [-0.05, 0) is 51.1 Å². The average molecular weight is 620 g/mol. The lowest BCUT2D eigenvalue weighted by atomic mass is 10.0. The molecule has 12 nitrogen and oxygen atoms in total. The molecule has 12 heteroatoms. The number of ether oxygens (including phenoxy) is 5. The van der Waals surface area contributed by atoms with E-state index in [0.29, 0.717) is 62.1 Å². The highest BCUT2D eigenvalue weighted by atomic mass is 16.6. The molecule has 0 bridgehead atoms. The molecule has 1 amide bonds. The summed E-state index contributed by atoms with van der Waals surface area (Å²) in [6, 6.07) is 9.31. The van der Waals surface area contributed by atoms with Crippen LogP contribution >= 0.6 is 0 Å². The van der Waals surface area contributed by atoms with Gasteiger partial charge in [-0.3, -0.25) is 19.7 Å². The molecule has 1 aromatic heterocycles. The second kappa shape index (κ2) is 13.1. The van der Waals surface area contributed by atoms with Crippen molar-refractivity contribution in [2.75, 3.05) is 72.7 Å². The van der Waals surface area contributed by atoms with Crippen LogP contribution in [0.3, 0.4) is 0 Å². The Morgan fingerprint density at radius 3 is 2.56 bits per heavy atom. The first-order valence-corrected chi connectivity index (χ1v) is 15.4. The summed E-state index contributed by atoms with van der Waals surface area (Å²) in [5.41, 5.74) is 2.16. The molecule has 3 aliphatic rings. The number of nitrogens with zero attached hydrogens (tertiary/aromatic N) is 4. The summed E-state index contributed by atoms with van der Waals surface area (Å²) in [4.78, 5) is 32.3. The van der Waals surface area contributed by atoms with Crippen LogP contribution in [0, 0.1) is 0 Å². The van der Waals surface area contributed by atoms with Crippen LogP contribution in [0.15, 0.2) is 36.1 Å². The predicted molar refractivity (Wildman–Crippen MR) is 168 cm³/mol. The maximum atomic E-state index is 13.5. The summed E-state index contributed by atoms with van der Waals surface area (Å²) in [6.07, 6.45) is 1.37. The second-order valence-electron chi connectivity index (χ2n) is 12.4. The summed E-state index contributed by atoms with van der Waals surface area (Å²) >= 11 is 0. The quantitative estimate of drug-likeness (QED) is 0.372. The molecule has 240 valence electrons.